The molecule has 0 spiro atoms. The van der Waals surface area contributed by atoms with Crippen molar-refractivity contribution in [1.82, 2.24) is 4.90 Å². The SMILES string of the molecule is CN1CCCN2c3ccc(Cl)cc3CC2C1. The molecular formula is C13H17ClN2. The minimum absolute atomic E-state index is 0.654. The van der Waals surface area contributed by atoms with E-state index in [0.717, 1.165) is 11.4 Å². The van der Waals surface area contributed by atoms with Crippen LogP contribution in [0.2, 0.25) is 5.02 Å². The van der Waals surface area contributed by atoms with Gasteiger partial charge in [-0.05, 0) is 50.2 Å². The van der Waals surface area contributed by atoms with Crippen LogP contribution in [0.3, 0.4) is 0 Å². The summed E-state index contributed by atoms with van der Waals surface area (Å²) in [6.45, 7) is 3.58. The first-order chi connectivity index (χ1) is 7.74. The third-order valence-corrected chi connectivity index (χ3v) is 3.94. The van der Waals surface area contributed by atoms with Crippen LogP contribution < -0.4 is 4.90 Å². The fourth-order valence-corrected chi connectivity index (χ4v) is 3.18. The van der Waals surface area contributed by atoms with Crippen molar-refractivity contribution in [3.8, 4) is 0 Å². The summed E-state index contributed by atoms with van der Waals surface area (Å²) in [6, 6.07) is 6.98. The molecule has 1 aromatic rings. The molecule has 1 atom stereocenters. The van der Waals surface area contributed by atoms with E-state index in [2.05, 4.69) is 29.0 Å². The number of anilines is 1. The Balaban J connectivity index is 1.94. The van der Waals surface area contributed by atoms with Crippen LogP contribution in [0.4, 0.5) is 5.69 Å². The summed E-state index contributed by atoms with van der Waals surface area (Å²) in [7, 11) is 2.22. The lowest BCUT2D eigenvalue weighted by Gasteiger charge is -2.25. The van der Waals surface area contributed by atoms with E-state index in [-0.39, 0.29) is 0 Å². The molecule has 2 heterocycles. The highest BCUT2D eigenvalue weighted by molar-refractivity contribution is 6.30. The maximum Gasteiger partial charge on any atom is 0.0458 e. The highest BCUT2D eigenvalue weighted by Crippen LogP contribution is 2.35. The average molecular weight is 237 g/mol. The zero-order valence-electron chi connectivity index (χ0n) is 9.62. The Morgan fingerprint density at radius 2 is 2.19 bits per heavy atom. The molecule has 0 aromatic heterocycles. The quantitative estimate of drug-likeness (QED) is 0.683. The fraction of sp³-hybridized carbons (Fsp3) is 0.538. The molecule has 2 aliphatic rings. The van der Waals surface area contributed by atoms with E-state index in [1.807, 2.05) is 6.07 Å². The molecule has 86 valence electrons. The molecule has 1 saturated heterocycles. The van der Waals surface area contributed by atoms with Crippen LogP contribution in [-0.4, -0.2) is 37.6 Å². The van der Waals surface area contributed by atoms with Crippen LogP contribution in [0.25, 0.3) is 0 Å². The molecular weight excluding hydrogens is 220 g/mol. The predicted molar refractivity (Wildman–Crippen MR) is 68.4 cm³/mol. The topological polar surface area (TPSA) is 6.48 Å². The zero-order valence-corrected chi connectivity index (χ0v) is 10.4. The second kappa shape index (κ2) is 3.94. The monoisotopic (exact) mass is 236 g/mol. The van der Waals surface area contributed by atoms with Gasteiger partial charge in [0.15, 0.2) is 0 Å². The molecule has 0 saturated carbocycles. The van der Waals surface area contributed by atoms with Gasteiger partial charge in [0, 0.05) is 29.8 Å². The third-order valence-electron chi connectivity index (χ3n) is 3.71. The lowest BCUT2D eigenvalue weighted by Crippen LogP contribution is -2.37. The molecule has 3 rings (SSSR count). The molecule has 0 aliphatic carbocycles. The number of nitrogens with zero attached hydrogens (tertiary/aromatic N) is 2. The molecule has 1 unspecified atom stereocenters. The van der Waals surface area contributed by atoms with E-state index in [9.17, 15) is 0 Å². The van der Waals surface area contributed by atoms with Gasteiger partial charge in [-0.25, -0.2) is 0 Å². The average Bonchev–Trinajstić information content (AvgIpc) is 2.44. The van der Waals surface area contributed by atoms with Gasteiger partial charge in [0.05, 0.1) is 0 Å². The number of halogens is 1. The summed E-state index contributed by atoms with van der Waals surface area (Å²) in [6.07, 6.45) is 2.41. The molecule has 0 amide bonds. The Morgan fingerprint density at radius 1 is 1.31 bits per heavy atom. The fourth-order valence-electron chi connectivity index (χ4n) is 2.99. The minimum Gasteiger partial charge on any atom is -0.367 e. The molecule has 3 heteroatoms. The standard InChI is InChI=1S/C13H17ClN2/c1-15-5-2-6-16-12(9-15)8-10-7-11(14)3-4-13(10)16/h3-4,7,12H,2,5-6,8-9H2,1H3. The molecule has 2 nitrogen and oxygen atoms in total. The van der Waals surface area contributed by atoms with E-state index < -0.39 is 0 Å². The van der Waals surface area contributed by atoms with Gasteiger partial charge in [-0.2, -0.15) is 0 Å². The highest BCUT2D eigenvalue weighted by atomic mass is 35.5. The number of hydrogen-bond acceptors (Lipinski definition) is 2. The number of hydrogen-bond donors (Lipinski definition) is 0. The van der Waals surface area contributed by atoms with Crippen LogP contribution in [0, 0.1) is 0 Å². The van der Waals surface area contributed by atoms with Crippen molar-refractivity contribution in [3.05, 3.63) is 28.8 Å². The van der Waals surface area contributed by atoms with Gasteiger partial charge in [0.2, 0.25) is 0 Å². The third kappa shape index (κ3) is 1.70. The van der Waals surface area contributed by atoms with Crippen molar-refractivity contribution in [3.63, 3.8) is 0 Å². The smallest absolute Gasteiger partial charge is 0.0458 e. The van der Waals surface area contributed by atoms with E-state index in [1.165, 1.54) is 37.3 Å². The lowest BCUT2D eigenvalue weighted by molar-refractivity contribution is 0.333. The second-order valence-electron chi connectivity index (χ2n) is 4.94. The first-order valence-corrected chi connectivity index (χ1v) is 6.35. The van der Waals surface area contributed by atoms with Gasteiger partial charge in [0.1, 0.15) is 0 Å². The van der Waals surface area contributed by atoms with E-state index in [1.54, 1.807) is 0 Å². The van der Waals surface area contributed by atoms with Gasteiger partial charge < -0.3 is 9.80 Å². The van der Waals surface area contributed by atoms with Gasteiger partial charge >= 0.3 is 0 Å². The molecule has 0 bridgehead atoms. The van der Waals surface area contributed by atoms with Gasteiger partial charge in [-0.3, -0.25) is 0 Å². The van der Waals surface area contributed by atoms with Crippen LogP contribution >= 0.6 is 11.6 Å². The summed E-state index contributed by atoms with van der Waals surface area (Å²) < 4.78 is 0. The number of likely N-dealkylation sites (N-methyl/N-ethyl adjacent to an activating group) is 1. The van der Waals surface area contributed by atoms with Crippen molar-refractivity contribution in [2.75, 3.05) is 31.6 Å². The van der Waals surface area contributed by atoms with E-state index in [0.29, 0.717) is 6.04 Å². The molecule has 16 heavy (non-hydrogen) atoms. The largest absolute Gasteiger partial charge is 0.367 e. The van der Waals surface area contributed by atoms with Crippen LogP contribution in [0.15, 0.2) is 18.2 Å². The van der Waals surface area contributed by atoms with Crippen molar-refractivity contribution >= 4 is 17.3 Å². The normalized spacial score (nSPS) is 25.1. The second-order valence-corrected chi connectivity index (χ2v) is 5.38. The van der Waals surface area contributed by atoms with Crippen LogP contribution in [0.1, 0.15) is 12.0 Å². The van der Waals surface area contributed by atoms with Gasteiger partial charge in [-0.15, -0.1) is 0 Å². The number of benzene rings is 1. The first-order valence-electron chi connectivity index (χ1n) is 5.97. The highest BCUT2D eigenvalue weighted by Gasteiger charge is 2.31. The van der Waals surface area contributed by atoms with E-state index in [4.69, 9.17) is 11.6 Å². The number of rotatable bonds is 0. The molecule has 0 radical (unpaired) electrons. The summed E-state index contributed by atoms with van der Waals surface area (Å²) in [4.78, 5) is 5.01. The van der Waals surface area contributed by atoms with Crippen molar-refractivity contribution in [2.45, 2.75) is 18.9 Å². The van der Waals surface area contributed by atoms with Crippen LogP contribution in [-0.2, 0) is 6.42 Å². The minimum atomic E-state index is 0.654. The summed E-state index contributed by atoms with van der Waals surface area (Å²) in [5, 5.41) is 0.866. The first kappa shape index (κ1) is 10.4. The Morgan fingerprint density at radius 3 is 3.06 bits per heavy atom. The van der Waals surface area contributed by atoms with Crippen molar-refractivity contribution in [2.24, 2.45) is 0 Å². The molecule has 0 N–H and O–H groups in total. The molecule has 2 aliphatic heterocycles. The van der Waals surface area contributed by atoms with Crippen LogP contribution in [0.5, 0.6) is 0 Å². The molecule has 1 aromatic carbocycles. The Labute approximate surface area is 102 Å². The van der Waals surface area contributed by atoms with Gasteiger partial charge in [0.25, 0.3) is 0 Å². The lowest BCUT2D eigenvalue weighted by atomic mass is 10.1. The van der Waals surface area contributed by atoms with Crippen molar-refractivity contribution < 1.29 is 0 Å². The van der Waals surface area contributed by atoms with Gasteiger partial charge in [-0.1, -0.05) is 11.6 Å². The Hall–Kier alpha value is -0.730. The number of fused-ring (bicyclic) bond motifs is 3. The Kier molecular flexibility index (Phi) is 2.56. The summed E-state index contributed by atoms with van der Waals surface area (Å²) >= 11 is 6.05. The Bertz CT molecular complexity index is 405. The maximum atomic E-state index is 6.05. The maximum absolute atomic E-state index is 6.05. The zero-order chi connectivity index (χ0) is 11.1. The predicted octanol–water partition coefficient (Wildman–Crippen LogP) is 2.41. The van der Waals surface area contributed by atoms with Crippen molar-refractivity contribution in [1.29, 1.82) is 0 Å². The van der Waals surface area contributed by atoms with E-state index >= 15 is 0 Å². The summed E-state index contributed by atoms with van der Waals surface area (Å²) in [5.74, 6) is 0. The summed E-state index contributed by atoms with van der Waals surface area (Å²) in [5.41, 5.74) is 2.83. The molecule has 1 fully saturated rings.